The molecule has 15 heavy (non-hydrogen) atoms. The van der Waals surface area contributed by atoms with Gasteiger partial charge in [0.25, 0.3) is 0 Å². The molecule has 86 valence electrons. The van der Waals surface area contributed by atoms with Gasteiger partial charge in [-0.2, -0.15) is 0 Å². The summed E-state index contributed by atoms with van der Waals surface area (Å²) in [5, 5.41) is 0. The molecule has 0 aliphatic carbocycles. The highest BCUT2D eigenvalue weighted by molar-refractivity contribution is 5.19. The van der Waals surface area contributed by atoms with Crippen LogP contribution in [0.2, 0.25) is 0 Å². The summed E-state index contributed by atoms with van der Waals surface area (Å²) in [6, 6.07) is 8.48. The molecule has 0 aromatic heterocycles. The Morgan fingerprint density at radius 3 is 1.40 bits per heavy atom. The number of benzene rings is 1. The third kappa shape index (κ3) is 9.48. The van der Waals surface area contributed by atoms with Crippen molar-refractivity contribution in [3.63, 3.8) is 0 Å². The van der Waals surface area contributed by atoms with Crippen LogP contribution in [-0.4, -0.2) is 13.2 Å². The Balaban J connectivity index is 0.000000265. The minimum absolute atomic E-state index is 0.924. The molecule has 1 nitrogen and oxygen atoms in total. The molecule has 0 saturated carbocycles. The van der Waals surface area contributed by atoms with Crippen molar-refractivity contribution in [3.05, 3.63) is 35.4 Å². The maximum atomic E-state index is 5.13. The zero-order valence-electron chi connectivity index (χ0n) is 10.5. The van der Waals surface area contributed by atoms with Gasteiger partial charge in [0.2, 0.25) is 0 Å². The SMILES string of the molecule is CCCOCCC.Cc1ccc(C)cc1. The third-order valence-corrected chi connectivity index (χ3v) is 1.92. The second kappa shape index (κ2) is 9.72. The lowest BCUT2D eigenvalue weighted by atomic mass is 10.2. The highest BCUT2D eigenvalue weighted by Crippen LogP contribution is 1.99. The number of hydrogen-bond acceptors (Lipinski definition) is 1. The average Bonchev–Trinajstić information content (AvgIpc) is 2.24. The van der Waals surface area contributed by atoms with Gasteiger partial charge in [-0.25, -0.2) is 0 Å². The van der Waals surface area contributed by atoms with Gasteiger partial charge in [0.05, 0.1) is 0 Å². The summed E-state index contributed by atoms with van der Waals surface area (Å²) in [6.45, 7) is 10.3. The number of aryl methyl sites for hydroxylation is 2. The van der Waals surface area contributed by atoms with E-state index in [-0.39, 0.29) is 0 Å². The van der Waals surface area contributed by atoms with E-state index >= 15 is 0 Å². The monoisotopic (exact) mass is 208 g/mol. The lowest BCUT2D eigenvalue weighted by Crippen LogP contribution is -1.92. The van der Waals surface area contributed by atoms with E-state index < -0.39 is 0 Å². The summed E-state index contributed by atoms with van der Waals surface area (Å²) in [6.07, 6.45) is 2.28. The highest BCUT2D eigenvalue weighted by atomic mass is 16.5. The summed E-state index contributed by atoms with van der Waals surface area (Å²) in [7, 11) is 0. The van der Waals surface area contributed by atoms with Crippen LogP contribution in [0.25, 0.3) is 0 Å². The Labute approximate surface area is 94.5 Å². The maximum absolute atomic E-state index is 5.13. The van der Waals surface area contributed by atoms with Crippen LogP contribution < -0.4 is 0 Å². The van der Waals surface area contributed by atoms with Gasteiger partial charge in [-0.3, -0.25) is 0 Å². The first-order chi connectivity index (χ1) is 7.20. The van der Waals surface area contributed by atoms with Gasteiger partial charge in [0.1, 0.15) is 0 Å². The molecule has 0 amide bonds. The molecule has 0 radical (unpaired) electrons. The van der Waals surface area contributed by atoms with Crippen LogP contribution in [0, 0.1) is 13.8 Å². The maximum Gasteiger partial charge on any atom is 0.0463 e. The Hall–Kier alpha value is -0.820. The predicted octanol–water partition coefficient (Wildman–Crippen LogP) is 4.13. The molecule has 0 saturated heterocycles. The smallest absolute Gasteiger partial charge is 0.0463 e. The van der Waals surface area contributed by atoms with E-state index in [2.05, 4.69) is 52.0 Å². The van der Waals surface area contributed by atoms with Crippen molar-refractivity contribution in [1.82, 2.24) is 0 Å². The molecule has 0 atom stereocenters. The molecule has 1 aromatic carbocycles. The van der Waals surface area contributed by atoms with Crippen LogP contribution in [0.5, 0.6) is 0 Å². The molecule has 0 unspecified atom stereocenters. The number of hydrogen-bond donors (Lipinski definition) is 0. The third-order valence-electron chi connectivity index (χ3n) is 1.92. The van der Waals surface area contributed by atoms with Gasteiger partial charge in [-0.1, -0.05) is 49.2 Å². The minimum Gasteiger partial charge on any atom is -0.381 e. The molecule has 0 spiro atoms. The largest absolute Gasteiger partial charge is 0.381 e. The zero-order chi connectivity index (χ0) is 11.5. The summed E-state index contributed by atoms with van der Waals surface area (Å²) >= 11 is 0. The molecule has 0 fully saturated rings. The number of rotatable bonds is 4. The Kier molecular flexibility index (Phi) is 9.19. The highest BCUT2D eigenvalue weighted by Gasteiger charge is 1.80. The van der Waals surface area contributed by atoms with E-state index in [4.69, 9.17) is 4.74 Å². The summed E-state index contributed by atoms with van der Waals surface area (Å²) in [5.74, 6) is 0. The first-order valence-corrected chi connectivity index (χ1v) is 5.81. The van der Waals surface area contributed by atoms with E-state index in [1.807, 2.05) is 0 Å². The first-order valence-electron chi connectivity index (χ1n) is 5.81. The van der Waals surface area contributed by atoms with E-state index in [1.54, 1.807) is 0 Å². The van der Waals surface area contributed by atoms with Gasteiger partial charge in [0, 0.05) is 13.2 Å². The van der Waals surface area contributed by atoms with Crippen molar-refractivity contribution in [2.24, 2.45) is 0 Å². The Bertz CT molecular complexity index is 201. The van der Waals surface area contributed by atoms with Crippen LogP contribution in [-0.2, 0) is 4.74 Å². The number of ether oxygens (including phenoxy) is 1. The molecular weight excluding hydrogens is 184 g/mol. The van der Waals surface area contributed by atoms with E-state index in [0.717, 1.165) is 26.1 Å². The molecule has 0 heterocycles. The molecular formula is C14H24O. The van der Waals surface area contributed by atoms with Crippen molar-refractivity contribution in [1.29, 1.82) is 0 Å². The molecule has 1 heteroatoms. The van der Waals surface area contributed by atoms with Crippen molar-refractivity contribution >= 4 is 0 Å². The Morgan fingerprint density at radius 2 is 1.13 bits per heavy atom. The van der Waals surface area contributed by atoms with Crippen LogP contribution >= 0.6 is 0 Å². The second-order valence-corrected chi connectivity index (χ2v) is 3.77. The van der Waals surface area contributed by atoms with Crippen LogP contribution in [0.4, 0.5) is 0 Å². The van der Waals surface area contributed by atoms with Gasteiger partial charge in [-0.15, -0.1) is 0 Å². The normalized spacial score (nSPS) is 9.33. The van der Waals surface area contributed by atoms with Crippen molar-refractivity contribution < 1.29 is 4.74 Å². The molecule has 0 N–H and O–H groups in total. The minimum atomic E-state index is 0.924. The van der Waals surface area contributed by atoms with E-state index in [0.29, 0.717) is 0 Å². The summed E-state index contributed by atoms with van der Waals surface area (Å²) < 4.78 is 5.13. The first kappa shape index (κ1) is 14.2. The van der Waals surface area contributed by atoms with Crippen molar-refractivity contribution in [3.8, 4) is 0 Å². The zero-order valence-corrected chi connectivity index (χ0v) is 10.5. The molecule has 1 rings (SSSR count). The second-order valence-electron chi connectivity index (χ2n) is 3.77. The standard InChI is InChI=1S/C8H10.C6H14O/c1-7-3-5-8(2)6-4-7;1-3-5-7-6-4-2/h3-6H,1-2H3;3-6H2,1-2H3. The summed E-state index contributed by atoms with van der Waals surface area (Å²) in [4.78, 5) is 0. The lowest BCUT2D eigenvalue weighted by molar-refractivity contribution is 0.135. The van der Waals surface area contributed by atoms with Crippen molar-refractivity contribution in [2.75, 3.05) is 13.2 Å². The van der Waals surface area contributed by atoms with Gasteiger partial charge in [0.15, 0.2) is 0 Å². The van der Waals surface area contributed by atoms with Crippen LogP contribution in [0.1, 0.15) is 37.8 Å². The van der Waals surface area contributed by atoms with Crippen molar-refractivity contribution in [2.45, 2.75) is 40.5 Å². The van der Waals surface area contributed by atoms with E-state index in [9.17, 15) is 0 Å². The molecule has 0 bridgehead atoms. The van der Waals surface area contributed by atoms with Crippen LogP contribution in [0.15, 0.2) is 24.3 Å². The average molecular weight is 208 g/mol. The van der Waals surface area contributed by atoms with Gasteiger partial charge in [-0.05, 0) is 26.7 Å². The quantitative estimate of drug-likeness (QED) is 0.676. The molecule has 0 aliphatic heterocycles. The van der Waals surface area contributed by atoms with Crippen LogP contribution in [0.3, 0.4) is 0 Å². The van der Waals surface area contributed by atoms with Gasteiger partial charge >= 0.3 is 0 Å². The Morgan fingerprint density at radius 1 is 0.800 bits per heavy atom. The summed E-state index contributed by atoms with van der Waals surface area (Å²) in [5.41, 5.74) is 2.66. The molecule has 1 aromatic rings. The predicted molar refractivity (Wildman–Crippen MR) is 67.3 cm³/mol. The fraction of sp³-hybridized carbons (Fsp3) is 0.571. The van der Waals surface area contributed by atoms with E-state index in [1.165, 1.54) is 11.1 Å². The fourth-order valence-electron chi connectivity index (χ4n) is 1.03. The van der Waals surface area contributed by atoms with Gasteiger partial charge < -0.3 is 4.74 Å². The molecule has 0 aliphatic rings. The topological polar surface area (TPSA) is 9.23 Å². The fourth-order valence-corrected chi connectivity index (χ4v) is 1.03. The lowest BCUT2D eigenvalue weighted by Gasteiger charge is -1.95.